The van der Waals surface area contributed by atoms with Gasteiger partial charge in [0.2, 0.25) is 0 Å². The minimum absolute atomic E-state index is 0.137. The molecule has 0 spiro atoms. The summed E-state index contributed by atoms with van der Waals surface area (Å²) in [6.45, 7) is 4.21. The molecule has 3 nitrogen and oxygen atoms in total. The van der Waals surface area contributed by atoms with E-state index in [2.05, 4.69) is 24.4 Å². The van der Waals surface area contributed by atoms with Gasteiger partial charge in [-0.2, -0.15) is 0 Å². The Morgan fingerprint density at radius 3 is 2.26 bits per heavy atom. The number of hydrogen-bond acceptors (Lipinski definition) is 3. The molecular weight excluding hydrogens is 286 g/mol. The summed E-state index contributed by atoms with van der Waals surface area (Å²) in [6.07, 6.45) is 19.9. The maximum absolute atomic E-state index is 9.86. The number of nitrogens with one attached hydrogen (secondary N) is 1. The Bertz CT molecular complexity index is 244. The van der Waals surface area contributed by atoms with Crippen LogP contribution in [0.3, 0.4) is 0 Å². The Morgan fingerprint density at radius 2 is 1.52 bits per heavy atom. The molecule has 3 N–H and O–H groups in total. The first-order chi connectivity index (χ1) is 11.3. The molecule has 0 saturated heterocycles. The Morgan fingerprint density at radius 1 is 0.826 bits per heavy atom. The molecular formula is C20H41NO2. The Hall–Kier alpha value is -0.380. The normalized spacial score (nSPS) is 13.0. The molecule has 0 aromatic carbocycles. The zero-order valence-corrected chi connectivity index (χ0v) is 15.4. The largest absolute Gasteiger partial charge is 0.395 e. The summed E-state index contributed by atoms with van der Waals surface area (Å²) in [5, 5.41) is 21.7. The molecule has 1 atom stereocenters. The standard InChI is InChI=1S/C20H41NO2/c1-2-3-4-12-15-20(23)16-13-10-8-6-5-7-9-11-14-17-21-18-19-22/h10,13,20-23H,2-9,11-12,14-19H2,1H3/b13-10-/t20-/m1/s1. The fraction of sp³-hybridized carbons (Fsp3) is 0.900. The molecule has 0 aromatic heterocycles. The summed E-state index contributed by atoms with van der Waals surface area (Å²) in [5.74, 6) is 0. The van der Waals surface area contributed by atoms with Crippen LogP contribution < -0.4 is 5.32 Å². The van der Waals surface area contributed by atoms with Crippen LogP contribution in [0.25, 0.3) is 0 Å². The van der Waals surface area contributed by atoms with E-state index in [9.17, 15) is 5.11 Å². The molecule has 0 saturated carbocycles. The minimum atomic E-state index is -0.137. The second kappa shape index (κ2) is 19.7. The molecule has 0 rings (SSSR count). The third-order valence-corrected chi connectivity index (χ3v) is 4.23. The van der Waals surface area contributed by atoms with E-state index in [1.807, 2.05) is 0 Å². The fourth-order valence-electron chi connectivity index (χ4n) is 2.72. The number of unbranched alkanes of at least 4 members (excludes halogenated alkanes) is 9. The number of aliphatic hydroxyl groups is 2. The predicted molar refractivity (Wildman–Crippen MR) is 101 cm³/mol. The fourth-order valence-corrected chi connectivity index (χ4v) is 2.72. The highest BCUT2D eigenvalue weighted by molar-refractivity contribution is 4.84. The second-order valence-electron chi connectivity index (χ2n) is 6.59. The molecule has 0 radical (unpaired) electrons. The zero-order chi connectivity index (χ0) is 17.0. The van der Waals surface area contributed by atoms with Crippen molar-refractivity contribution in [3.63, 3.8) is 0 Å². The predicted octanol–water partition coefficient (Wildman–Crippen LogP) is 4.58. The van der Waals surface area contributed by atoms with Gasteiger partial charge in [-0.3, -0.25) is 0 Å². The summed E-state index contributed by atoms with van der Waals surface area (Å²) >= 11 is 0. The van der Waals surface area contributed by atoms with Crippen molar-refractivity contribution in [2.24, 2.45) is 0 Å². The first-order valence-corrected chi connectivity index (χ1v) is 9.95. The van der Waals surface area contributed by atoms with Gasteiger partial charge in [0.1, 0.15) is 0 Å². The van der Waals surface area contributed by atoms with E-state index in [1.165, 1.54) is 64.2 Å². The van der Waals surface area contributed by atoms with Crippen molar-refractivity contribution in [1.29, 1.82) is 0 Å². The van der Waals surface area contributed by atoms with Crippen LogP contribution in [0, 0.1) is 0 Å². The van der Waals surface area contributed by atoms with Crippen molar-refractivity contribution in [2.75, 3.05) is 19.7 Å². The lowest BCUT2D eigenvalue weighted by atomic mass is 10.1. The third kappa shape index (κ3) is 19.6. The van der Waals surface area contributed by atoms with Gasteiger partial charge in [0.15, 0.2) is 0 Å². The number of aliphatic hydroxyl groups excluding tert-OH is 2. The number of allylic oxidation sites excluding steroid dienone is 1. The molecule has 0 aliphatic rings. The van der Waals surface area contributed by atoms with Crippen LogP contribution in [0.5, 0.6) is 0 Å². The summed E-state index contributed by atoms with van der Waals surface area (Å²) in [4.78, 5) is 0. The average molecular weight is 328 g/mol. The molecule has 0 aliphatic carbocycles. The third-order valence-electron chi connectivity index (χ3n) is 4.23. The lowest BCUT2D eigenvalue weighted by Crippen LogP contribution is -2.19. The van der Waals surface area contributed by atoms with Gasteiger partial charge >= 0.3 is 0 Å². The molecule has 0 bridgehead atoms. The van der Waals surface area contributed by atoms with Gasteiger partial charge in [0.05, 0.1) is 12.7 Å². The summed E-state index contributed by atoms with van der Waals surface area (Å²) in [7, 11) is 0. The molecule has 0 unspecified atom stereocenters. The lowest BCUT2D eigenvalue weighted by molar-refractivity contribution is 0.163. The van der Waals surface area contributed by atoms with E-state index >= 15 is 0 Å². The van der Waals surface area contributed by atoms with Gasteiger partial charge in [0.25, 0.3) is 0 Å². The number of rotatable bonds is 18. The topological polar surface area (TPSA) is 52.5 Å². The molecule has 0 amide bonds. The van der Waals surface area contributed by atoms with Crippen molar-refractivity contribution in [3.05, 3.63) is 12.2 Å². The van der Waals surface area contributed by atoms with E-state index in [-0.39, 0.29) is 12.7 Å². The van der Waals surface area contributed by atoms with Crippen LogP contribution >= 0.6 is 0 Å². The van der Waals surface area contributed by atoms with Crippen LogP contribution in [-0.4, -0.2) is 36.0 Å². The summed E-state index contributed by atoms with van der Waals surface area (Å²) in [6, 6.07) is 0. The smallest absolute Gasteiger partial charge is 0.0574 e. The molecule has 3 heteroatoms. The zero-order valence-electron chi connectivity index (χ0n) is 15.4. The van der Waals surface area contributed by atoms with E-state index in [0.717, 1.165) is 32.4 Å². The number of hydrogen-bond donors (Lipinski definition) is 3. The van der Waals surface area contributed by atoms with Crippen molar-refractivity contribution < 1.29 is 10.2 Å². The second-order valence-corrected chi connectivity index (χ2v) is 6.59. The Labute approximate surface area is 144 Å². The van der Waals surface area contributed by atoms with Crippen molar-refractivity contribution in [2.45, 2.75) is 96.5 Å². The first-order valence-electron chi connectivity index (χ1n) is 9.95. The Balaban J connectivity index is 3.18. The highest BCUT2D eigenvalue weighted by atomic mass is 16.3. The van der Waals surface area contributed by atoms with Gasteiger partial charge in [-0.05, 0) is 38.6 Å². The maximum atomic E-state index is 9.86. The molecule has 0 heterocycles. The first kappa shape index (κ1) is 22.6. The highest BCUT2D eigenvalue weighted by Crippen LogP contribution is 2.10. The van der Waals surface area contributed by atoms with Crippen molar-refractivity contribution >= 4 is 0 Å². The summed E-state index contributed by atoms with van der Waals surface area (Å²) in [5.41, 5.74) is 0. The van der Waals surface area contributed by atoms with Crippen molar-refractivity contribution in [1.82, 2.24) is 5.32 Å². The molecule has 0 aliphatic heterocycles. The van der Waals surface area contributed by atoms with Crippen LogP contribution in [-0.2, 0) is 0 Å². The van der Waals surface area contributed by atoms with Gasteiger partial charge in [-0.15, -0.1) is 0 Å². The van der Waals surface area contributed by atoms with E-state index in [4.69, 9.17) is 5.11 Å². The molecule has 0 aromatic rings. The Kier molecular flexibility index (Phi) is 19.3. The monoisotopic (exact) mass is 327 g/mol. The quantitative estimate of drug-likeness (QED) is 0.255. The highest BCUT2D eigenvalue weighted by Gasteiger charge is 2.00. The van der Waals surface area contributed by atoms with Gasteiger partial charge < -0.3 is 15.5 Å². The minimum Gasteiger partial charge on any atom is -0.395 e. The van der Waals surface area contributed by atoms with E-state index in [0.29, 0.717) is 0 Å². The molecule has 138 valence electrons. The van der Waals surface area contributed by atoms with Gasteiger partial charge in [0, 0.05) is 6.54 Å². The maximum Gasteiger partial charge on any atom is 0.0574 e. The van der Waals surface area contributed by atoms with Crippen LogP contribution in [0.15, 0.2) is 12.2 Å². The van der Waals surface area contributed by atoms with Crippen LogP contribution in [0.2, 0.25) is 0 Å². The summed E-state index contributed by atoms with van der Waals surface area (Å²) < 4.78 is 0. The van der Waals surface area contributed by atoms with Crippen molar-refractivity contribution in [3.8, 4) is 0 Å². The SMILES string of the molecule is CCCCCC[C@@H](O)C/C=C\CCCCCCCCNCCO. The lowest BCUT2D eigenvalue weighted by Gasteiger charge is -2.07. The van der Waals surface area contributed by atoms with Crippen LogP contribution in [0.1, 0.15) is 90.4 Å². The molecule has 23 heavy (non-hydrogen) atoms. The molecule has 0 fully saturated rings. The van der Waals surface area contributed by atoms with Gasteiger partial charge in [-0.25, -0.2) is 0 Å². The van der Waals surface area contributed by atoms with E-state index < -0.39 is 0 Å². The average Bonchev–Trinajstić information content (AvgIpc) is 2.56. The van der Waals surface area contributed by atoms with E-state index in [1.54, 1.807) is 0 Å². The van der Waals surface area contributed by atoms with Gasteiger partial charge in [-0.1, -0.05) is 70.4 Å². The van der Waals surface area contributed by atoms with Crippen LogP contribution in [0.4, 0.5) is 0 Å².